The van der Waals surface area contributed by atoms with Gasteiger partial charge >= 0.3 is 5.97 Å². The van der Waals surface area contributed by atoms with Gasteiger partial charge in [-0.05, 0) is 31.2 Å². The fourth-order valence-electron chi connectivity index (χ4n) is 2.63. The topological polar surface area (TPSA) is 115 Å². The standard InChI is InChI=1S/C21H20N4O5S/c1-13(30-20(27)14-7-9-16(10-8-14)24(2)3)19(26)23-21-22-18(12-31-21)15-5-4-6-17(11-15)25(28)29/h4-13H,1-3H3,(H,22,23,26). The molecule has 1 amide bonds. The van der Waals surface area contributed by atoms with Crippen molar-refractivity contribution in [3.8, 4) is 11.3 Å². The van der Waals surface area contributed by atoms with Crippen molar-refractivity contribution in [1.29, 1.82) is 0 Å². The molecule has 0 bridgehead atoms. The lowest BCUT2D eigenvalue weighted by Crippen LogP contribution is -2.30. The third-order valence-corrected chi connectivity index (χ3v) is 5.12. The van der Waals surface area contributed by atoms with E-state index < -0.39 is 22.9 Å². The Labute approximate surface area is 182 Å². The van der Waals surface area contributed by atoms with E-state index >= 15 is 0 Å². The number of benzene rings is 2. The number of aromatic nitrogens is 1. The van der Waals surface area contributed by atoms with Crippen molar-refractivity contribution in [2.24, 2.45) is 0 Å². The van der Waals surface area contributed by atoms with Gasteiger partial charge in [0, 0.05) is 42.9 Å². The first-order valence-electron chi connectivity index (χ1n) is 9.24. The van der Waals surface area contributed by atoms with Crippen molar-refractivity contribution in [1.82, 2.24) is 4.98 Å². The summed E-state index contributed by atoms with van der Waals surface area (Å²) in [6.45, 7) is 1.47. The van der Waals surface area contributed by atoms with E-state index in [1.54, 1.807) is 41.8 Å². The first kappa shape index (κ1) is 21.9. The van der Waals surface area contributed by atoms with Crippen LogP contribution in [0.1, 0.15) is 17.3 Å². The number of esters is 1. The molecule has 10 heteroatoms. The lowest BCUT2D eigenvalue weighted by molar-refractivity contribution is -0.384. The fourth-order valence-corrected chi connectivity index (χ4v) is 3.35. The minimum absolute atomic E-state index is 0.0461. The number of thiazole rings is 1. The van der Waals surface area contributed by atoms with Crippen molar-refractivity contribution in [2.75, 3.05) is 24.3 Å². The molecule has 9 nitrogen and oxygen atoms in total. The van der Waals surface area contributed by atoms with Crippen LogP contribution in [-0.2, 0) is 9.53 Å². The van der Waals surface area contributed by atoms with Gasteiger partial charge in [0.15, 0.2) is 11.2 Å². The highest BCUT2D eigenvalue weighted by Gasteiger charge is 2.20. The SMILES string of the molecule is CC(OC(=O)c1ccc(N(C)C)cc1)C(=O)Nc1nc(-c2cccc([N+](=O)[O-])c2)cs1. The van der Waals surface area contributed by atoms with Gasteiger partial charge in [-0.15, -0.1) is 11.3 Å². The Hall–Kier alpha value is -3.79. The van der Waals surface area contributed by atoms with Gasteiger partial charge in [-0.2, -0.15) is 0 Å². The molecule has 1 atom stereocenters. The fraction of sp³-hybridized carbons (Fsp3) is 0.190. The number of amides is 1. The summed E-state index contributed by atoms with van der Waals surface area (Å²) in [7, 11) is 3.78. The summed E-state index contributed by atoms with van der Waals surface area (Å²) in [5.41, 5.74) is 2.29. The van der Waals surface area contributed by atoms with Crippen molar-refractivity contribution < 1.29 is 19.2 Å². The number of non-ortho nitro benzene ring substituents is 1. The average Bonchev–Trinajstić information content (AvgIpc) is 3.22. The molecule has 0 saturated carbocycles. The van der Waals surface area contributed by atoms with E-state index in [4.69, 9.17) is 4.74 Å². The minimum atomic E-state index is -1.04. The Morgan fingerprint density at radius 3 is 2.55 bits per heavy atom. The van der Waals surface area contributed by atoms with E-state index in [1.807, 2.05) is 19.0 Å². The van der Waals surface area contributed by atoms with E-state index in [-0.39, 0.29) is 5.69 Å². The summed E-state index contributed by atoms with van der Waals surface area (Å²) in [5, 5.41) is 15.5. The average molecular weight is 440 g/mol. The normalized spacial score (nSPS) is 11.5. The first-order chi connectivity index (χ1) is 14.7. The number of nitro benzene ring substituents is 1. The Morgan fingerprint density at radius 2 is 1.90 bits per heavy atom. The van der Waals surface area contributed by atoms with Crippen LogP contribution in [0.3, 0.4) is 0 Å². The molecule has 0 aliphatic heterocycles. The highest BCUT2D eigenvalue weighted by Crippen LogP contribution is 2.27. The molecule has 0 fully saturated rings. The van der Waals surface area contributed by atoms with Crippen LogP contribution in [0.2, 0.25) is 0 Å². The van der Waals surface area contributed by atoms with E-state index in [9.17, 15) is 19.7 Å². The maximum absolute atomic E-state index is 12.4. The molecular formula is C21H20N4O5S. The minimum Gasteiger partial charge on any atom is -0.449 e. The highest BCUT2D eigenvalue weighted by molar-refractivity contribution is 7.14. The van der Waals surface area contributed by atoms with Crippen molar-refractivity contribution in [3.05, 3.63) is 69.6 Å². The van der Waals surface area contributed by atoms with Gasteiger partial charge in [-0.3, -0.25) is 20.2 Å². The second kappa shape index (κ2) is 9.35. The van der Waals surface area contributed by atoms with Crippen LogP contribution in [0.25, 0.3) is 11.3 Å². The van der Waals surface area contributed by atoms with E-state index in [0.29, 0.717) is 22.0 Å². The van der Waals surface area contributed by atoms with Gasteiger partial charge < -0.3 is 9.64 Å². The maximum atomic E-state index is 12.4. The van der Waals surface area contributed by atoms with Gasteiger partial charge in [0.1, 0.15) is 0 Å². The van der Waals surface area contributed by atoms with Gasteiger partial charge in [-0.25, -0.2) is 9.78 Å². The van der Waals surface area contributed by atoms with Gasteiger partial charge in [0.05, 0.1) is 16.2 Å². The number of hydrogen-bond acceptors (Lipinski definition) is 8. The molecule has 3 aromatic rings. The Morgan fingerprint density at radius 1 is 1.19 bits per heavy atom. The Bertz CT molecular complexity index is 1110. The Balaban J connectivity index is 1.62. The van der Waals surface area contributed by atoms with Crippen LogP contribution in [0, 0.1) is 10.1 Å². The van der Waals surface area contributed by atoms with Crippen LogP contribution in [0.5, 0.6) is 0 Å². The van der Waals surface area contributed by atoms with Crippen molar-refractivity contribution in [3.63, 3.8) is 0 Å². The van der Waals surface area contributed by atoms with E-state index in [2.05, 4.69) is 10.3 Å². The molecule has 1 unspecified atom stereocenters. The van der Waals surface area contributed by atoms with Gasteiger partial charge in [-0.1, -0.05) is 12.1 Å². The van der Waals surface area contributed by atoms with Crippen LogP contribution >= 0.6 is 11.3 Å². The third-order valence-electron chi connectivity index (χ3n) is 4.36. The lowest BCUT2D eigenvalue weighted by Gasteiger charge is -2.14. The van der Waals surface area contributed by atoms with Crippen molar-refractivity contribution in [2.45, 2.75) is 13.0 Å². The number of hydrogen-bond donors (Lipinski definition) is 1. The van der Waals surface area contributed by atoms with Crippen LogP contribution in [0.15, 0.2) is 53.9 Å². The smallest absolute Gasteiger partial charge is 0.338 e. The van der Waals surface area contributed by atoms with Crippen molar-refractivity contribution >= 4 is 39.7 Å². The molecule has 0 aliphatic carbocycles. The monoisotopic (exact) mass is 440 g/mol. The Kier molecular flexibility index (Phi) is 6.61. The summed E-state index contributed by atoms with van der Waals surface area (Å²) in [5.74, 6) is -1.14. The molecule has 0 radical (unpaired) electrons. The predicted molar refractivity (Wildman–Crippen MR) is 118 cm³/mol. The maximum Gasteiger partial charge on any atom is 0.338 e. The molecular weight excluding hydrogens is 420 g/mol. The number of rotatable bonds is 7. The molecule has 0 aliphatic rings. The summed E-state index contributed by atoms with van der Waals surface area (Å²) in [6, 6.07) is 12.9. The molecule has 0 spiro atoms. The molecule has 1 heterocycles. The van der Waals surface area contributed by atoms with Crippen LogP contribution in [-0.4, -0.2) is 42.0 Å². The number of nitrogens with one attached hydrogen (secondary N) is 1. The molecule has 3 rings (SSSR count). The predicted octanol–water partition coefficient (Wildman–Crippen LogP) is 3.97. The largest absolute Gasteiger partial charge is 0.449 e. The molecule has 2 aromatic carbocycles. The summed E-state index contributed by atoms with van der Waals surface area (Å²) >= 11 is 1.17. The lowest BCUT2D eigenvalue weighted by atomic mass is 10.1. The summed E-state index contributed by atoms with van der Waals surface area (Å²) in [4.78, 5) is 41.3. The zero-order chi connectivity index (χ0) is 22.5. The third kappa shape index (κ3) is 5.43. The van der Waals surface area contributed by atoms with Crippen LogP contribution in [0.4, 0.5) is 16.5 Å². The number of nitrogens with zero attached hydrogens (tertiary/aromatic N) is 3. The van der Waals surface area contributed by atoms with Gasteiger partial charge in [0.2, 0.25) is 0 Å². The molecule has 31 heavy (non-hydrogen) atoms. The second-order valence-corrected chi connectivity index (χ2v) is 7.68. The number of anilines is 2. The number of ether oxygens (including phenoxy) is 1. The number of nitro groups is 1. The zero-order valence-corrected chi connectivity index (χ0v) is 17.9. The second-order valence-electron chi connectivity index (χ2n) is 6.82. The van der Waals surface area contributed by atoms with Crippen LogP contribution < -0.4 is 10.2 Å². The number of carbonyl (C=O) groups excluding carboxylic acids is 2. The molecule has 1 N–H and O–H groups in total. The zero-order valence-electron chi connectivity index (χ0n) is 17.1. The molecule has 160 valence electrons. The quantitative estimate of drug-likeness (QED) is 0.336. The molecule has 0 saturated heterocycles. The number of carbonyl (C=O) groups is 2. The van der Waals surface area contributed by atoms with Gasteiger partial charge in [0.25, 0.3) is 11.6 Å². The first-order valence-corrected chi connectivity index (χ1v) is 10.1. The van der Waals surface area contributed by atoms with E-state index in [0.717, 1.165) is 5.69 Å². The summed E-state index contributed by atoms with van der Waals surface area (Å²) in [6.07, 6.45) is -1.04. The van der Waals surface area contributed by atoms with E-state index in [1.165, 1.54) is 30.4 Å². The summed E-state index contributed by atoms with van der Waals surface area (Å²) < 4.78 is 5.24. The highest BCUT2D eigenvalue weighted by atomic mass is 32.1. The molecule has 1 aromatic heterocycles.